The molecule has 0 aromatic heterocycles. The molecule has 0 aliphatic rings. The number of ether oxygens (including phenoxy) is 2. The summed E-state index contributed by atoms with van der Waals surface area (Å²) in [4.78, 5) is 10.7. The van der Waals surface area contributed by atoms with Crippen molar-refractivity contribution in [1.29, 1.82) is 0 Å². The molecule has 0 amide bonds. The first-order valence-electron chi connectivity index (χ1n) is 5.89. The van der Waals surface area contributed by atoms with Gasteiger partial charge >= 0.3 is 5.97 Å². The molecule has 0 aliphatic carbocycles. The van der Waals surface area contributed by atoms with Gasteiger partial charge in [0.05, 0.1) is 12.7 Å². The molecule has 2 aromatic carbocycles. The Balaban J connectivity index is 2.13. The van der Waals surface area contributed by atoms with Gasteiger partial charge in [0.25, 0.3) is 0 Å². The highest BCUT2D eigenvalue weighted by atomic mass is 19.1. The average Bonchev–Trinajstić information content (AvgIpc) is 2.46. The SMILES string of the molecule is COc1ccccc1OCc1ccc(C(=O)O)cc1F. The molecule has 0 heterocycles. The molecule has 104 valence electrons. The van der Waals surface area contributed by atoms with Gasteiger partial charge in [-0.3, -0.25) is 0 Å². The third-order valence-electron chi connectivity index (χ3n) is 2.75. The second kappa shape index (κ2) is 6.06. The summed E-state index contributed by atoms with van der Waals surface area (Å²) in [6.45, 7) is -0.00783. The summed E-state index contributed by atoms with van der Waals surface area (Å²) in [6, 6.07) is 10.7. The molecule has 0 fully saturated rings. The first-order valence-corrected chi connectivity index (χ1v) is 5.89. The van der Waals surface area contributed by atoms with Crippen molar-refractivity contribution in [3.05, 3.63) is 59.4 Å². The van der Waals surface area contributed by atoms with E-state index in [-0.39, 0.29) is 17.7 Å². The maximum Gasteiger partial charge on any atom is 0.335 e. The van der Waals surface area contributed by atoms with Crippen molar-refractivity contribution in [1.82, 2.24) is 0 Å². The van der Waals surface area contributed by atoms with Crippen LogP contribution in [0.15, 0.2) is 42.5 Å². The number of halogens is 1. The molecule has 2 aromatic rings. The van der Waals surface area contributed by atoms with Crippen molar-refractivity contribution in [2.75, 3.05) is 7.11 Å². The zero-order chi connectivity index (χ0) is 14.5. The molecule has 0 unspecified atom stereocenters. The lowest BCUT2D eigenvalue weighted by atomic mass is 10.1. The predicted molar refractivity (Wildman–Crippen MR) is 70.7 cm³/mol. The summed E-state index contributed by atoms with van der Waals surface area (Å²) in [7, 11) is 1.52. The van der Waals surface area contributed by atoms with Crippen molar-refractivity contribution in [3.63, 3.8) is 0 Å². The number of rotatable bonds is 5. The van der Waals surface area contributed by atoms with Crippen LogP contribution in [0.5, 0.6) is 11.5 Å². The van der Waals surface area contributed by atoms with Gasteiger partial charge in [0.2, 0.25) is 0 Å². The number of carboxylic acids is 1. The van der Waals surface area contributed by atoms with Crippen LogP contribution in [0.3, 0.4) is 0 Å². The van der Waals surface area contributed by atoms with Crippen molar-refractivity contribution in [3.8, 4) is 11.5 Å². The van der Waals surface area contributed by atoms with E-state index in [0.29, 0.717) is 11.5 Å². The molecule has 4 nitrogen and oxygen atoms in total. The Kier molecular flexibility index (Phi) is 4.20. The third kappa shape index (κ3) is 3.06. The number of carbonyl (C=O) groups is 1. The lowest BCUT2D eigenvalue weighted by Gasteiger charge is -2.11. The molecule has 5 heteroatoms. The molecule has 0 saturated carbocycles. The Morgan fingerprint density at radius 3 is 2.50 bits per heavy atom. The lowest BCUT2D eigenvalue weighted by molar-refractivity contribution is 0.0696. The number of carboxylic acid groups (broad SMARTS) is 1. The minimum Gasteiger partial charge on any atom is -0.493 e. The van der Waals surface area contributed by atoms with Crippen LogP contribution in [0.1, 0.15) is 15.9 Å². The van der Waals surface area contributed by atoms with Crippen molar-refractivity contribution < 1.29 is 23.8 Å². The molecule has 0 spiro atoms. The number of methoxy groups -OCH3 is 1. The lowest BCUT2D eigenvalue weighted by Crippen LogP contribution is -2.03. The van der Waals surface area contributed by atoms with E-state index in [2.05, 4.69) is 0 Å². The van der Waals surface area contributed by atoms with E-state index in [1.807, 2.05) is 0 Å². The summed E-state index contributed by atoms with van der Waals surface area (Å²) in [6.07, 6.45) is 0. The van der Waals surface area contributed by atoms with Gasteiger partial charge in [0.15, 0.2) is 11.5 Å². The second-order valence-electron chi connectivity index (χ2n) is 4.05. The fraction of sp³-hybridized carbons (Fsp3) is 0.133. The van der Waals surface area contributed by atoms with Crippen LogP contribution < -0.4 is 9.47 Å². The largest absolute Gasteiger partial charge is 0.493 e. The fourth-order valence-corrected chi connectivity index (χ4v) is 1.69. The number of para-hydroxylation sites is 2. The van der Waals surface area contributed by atoms with Gasteiger partial charge in [-0.05, 0) is 24.3 Å². The molecular formula is C15H13FO4. The first-order chi connectivity index (χ1) is 9.61. The van der Waals surface area contributed by atoms with Gasteiger partial charge in [-0.15, -0.1) is 0 Å². The van der Waals surface area contributed by atoms with Crippen molar-refractivity contribution in [2.45, 2.75) is 6.61 Å². The molecule has 2 rings (SSSR count). The van der Waals surface area contributed by atoms with E-state index in [1.165, 1.54) is 19.2 Å². The Hall–Kier alpha value is -2.56. The minimum atomic E-state index is -1.17. The molecule has 0 atom stereocenters. The molecule has 0 aliphatic heterocycles. The van der Waals surface area contributed by atoms with Crippen LogP contribution in [0, 0.1) is 5.82 Å². The van der Waals surface area contributed by atoms with Gasteiger partial charge in [-0.2, -0.15) is 0 Å². The maximum atomic E-state index is 13.7. The summed E-state index contributed by atoms with van der Waals surface area (Å²) >= 11 is 0. The highest BCUT2D eigenvalue weighted by molar-refractivity contribution is 5.87. The van der Waals surface area contributed by atoms with Crippen LogP contribution in [0.25, 0.3) is 0 Å². The smallest absolute Gasteiger partial charge is 0.335 e. The van der Waals surface area contributed by atoms with Crippen LogP contribution in [-0.4, -0.2) is 18.2 Å². The molecule has 20 heavy (non-hydrogen) atoms. The van der Waals surface area contributed by atoms with Crippen LogP contribution in [0.2, 0.25) is 0 Å². The topological polar surface area (TPSA) is 55.8 Å². The van der Waals surface area contributed by atoms with Gasteiger partial charge in [0.1, 0.15) is 12.4 Å². The number of benzene rings is 2. The van der Waals surface area contributed by atoms with Crippen molar-refractivity contribution >= 4 is 5.97 Å². The molecular weight excluding hydrogens is 263 g/mol. The summed E-state index contributed by atoms with van der Waals surface area (Å²) < 4.78 is 24.3. The Bertz CT molecular complexity index is 625. The van der Waals surface area contributed by atoms with Gasteiger partial charge in [-0.25, -0.2) is 9.18 Å². The van der Waals surface area contributed by atoms with Gasteiger partial charge in [0, 0.05) is 5.56 Å². The van der Waals surface area contributed by atoms with Crippen molar-refractivity contribution in [2.24, 2.45) is 0 Å². The first kappa shape index (κ1) is 13.9. The zero-order valence-corrected chi connectivity index (χ0v) is 10.8. The number of aromatic carboxylic acids is 1. The Morgan fingerprint density at radius 1 is 1.20 bits per heavy atom. The van der Waals surface area contributed by atoms with E-state index in [1.54, 1.807) is 24.3 Å². The molecule has 1 N–H and O–H groups in total. The summed E-state index contributed by atoms with van der Waals surface area (Å²) in [5, 5.41) is 8.76. The highest BCUT2D eigenvalue weighted by Gasteiger charge is 2.10. The normalized spacial score (nSPS) is 10.1. The standard InChI is InChI=1S/C15H13FO4/c1-19-13-4-2-3-5-14(13)20-9-11-7-6-10(15(17)18)8-12(11)16/h2-8H,9H2,1H3,(H,17,18). The zero-order valence-electron chi connectivity index (χ0n) is 10.8. The third-order valence-corrected chi connectivity index (χ3v) is 2.75. The van der Waals surface area contributed by atoms with E-state index in [0.717, 1.165) is 6.07 Å². The Labute approximate surface area is 115 Å². The van der Waals surface area contributed by atoms with Gasteiger partial charge in [-0.1, -0.05) is 18.2 Å². The average molecular weight is 276 g/mol. The molecule has 0 saturated heterocycles. The quantitative estimate of drug-likeness (QED) is 0.911. The highest BCUT2D eigenvalue weighted by Crippen LogP contribution is 2.27. The van der Waals surface area contributed by atoms with E-state index in [4.69, 9.17) is 14.6 Å². The monoisotopic (exact) mass is 276 g/mol. The minimum absolute atomic E-state index is 0.00783. The molecule has 0 bridgehead atoms. The van der Waals surface area contributed by atoms with Crippen LogP contribution in [-0.2, 0) is 6.61 Å². The number of hydrogen-bond acceptors (Lipinski definition) is 3. The van der Waals surface area contributed by atoms with Gasteiger partial charge < -0.3 is 14.6 Å². The maximum absolute atomic E-state index is 13.7. The summed E-state index contributed by atoms with van der Waals surface area (Å²) in [5.41, 5.74) is 0.185. The predicted octanol–water partition coefficient (Wildman–Crippen LogP) is 3.11. The molecule has 0 radical (unpaired) electrons. The Morgan fingerprint density at radius 2 is 1.90 bits per heavy atom. The van der Waals surface area contributed by atoms with E-state index in [9.17, 15) is 9.18 Å². The van der Waals surface area contributed by atoms with E-state index < -0.39 is 11.8 Å². The number of hydrogen-bond donors (Lipinski definition) is 1. The van der Waals surface area contributed by atoms with E-state index >= 15 is 0 Å². The fourth-order valence-electron chi connectivity index (χ4n) is 1.69. The van der Waals surface area contributed by atoms with Crippen LogP contribution >= 0.6 is 0 Å². The van der Waals surface area contributed by atoms with Crippen LogP contribution in [0.4, 0.5) is 4.39 Å². The summed E-state index contributed by atoms with van der Waals surface area (Å²) in [5.74, 6) is -0.729. The second-order valence-corrected chi connectivity index (χ2v) is 4.05.